The van der Waals surface area contributed by atoms with Crippen molar-refractivity contribution >= 4 is 5.91 Å². The molecule has 0 saturated heterocycles. The van der Waals surface area contributed by atoms with Gasteiger partial charge in [-0.25, -0.2) is 0 Å². The second-order valence-electron chi connectivity index (χ2n) is 5.49. The number of hydrogen-bond acceptors (Lipinski definition) is 2. The van der Waals surface area contributed by atoms with E-state index in [0.29, 0.717) is 18.3 Å². The van der Waals surface area contributed by atoms with Crippen molar-refractivity contribution in [2.75, 3.05) is 13.1 Å². The van der Waals surface area contributed by atoms with Crippen molar-refractivity contribution in [3.8, 4) is 0 Å². The molecule has 1 aliphatic carbocycles. The third-order valence-corrected chi connectivity index (χ3v) is 3.68. The highest BCUT2D eigenvalue weighted by atomic mass is 16.1. The van der Waals surface area contributed by atoms with Crippen molar-refractivity contribution in [2.24, 2.45) is 0 Å². The van der Waals surface area contributed by atoms with E-state index in [0.717, 1.165) is 13.1 Å². The van der Waals surface area contributed by atoms with Gasteiger partial charge in [0.2, 0.25) is 0 Å². The molecule has 0 radical (unpaired) electrons. The molecule has 4 nitrogen and oxygen atoms in total. The summed E-state index contributed by atoms with van der Waals surface area (Å²) in [6.07, 6.45) is 4.49. The fraction of sp³-hybridized carbons (Fsp3) is 0.353. The number of benzene rings is 1. The zero-order valence-corrected chi connectivity index (χ0v) is 12.1. The molecule has 0 atom stereocenters. The van der Waals surface area contributed by atoms with E-state index in [1.54, 1.807) is 0 Å². The molecule has 1 heterocycles. The van der Waals surface area contributed by atoms with Crippen LogP contribution in [0, 0.1) is 0 Å². The van der Waals surface area contributed by atoms with E-state index >= 15 is 0 Å². The van der Waals surface area contributed by atoms with Crippen LogP contribution in [-0.2, 0) is 6.54 Å². The van der Waals surface area contributed by atoms with Crippen LogP contribution >= 0.6 is 0 Å². The lowest BCUT2D eigenvalue weighted by molar-refractivity contribution is 0.0945. The number of nitrogens with zero attached hydrogens (tertiary/aromatic N) is 1. The summed E-state index contributed by atoms with van der Waals surface area (Å²) in [5, 5.41) is 6.36. The first kappa shape index (κ1) is 13.9. The van der Waals surface area contributed by atoms with Gasteiger partial charge in [-0.15, -0.1) is 0 Å². The second-order valence-corrected chi connectivity index (χ2v) is 5.49. The molecule has 1 aliphatic rings. The molecule has 2 N–H and O–H groups in total. The standard InChI is InChI=1S/C17H21N3O/c21-17(19-11-10-18-15-8-9-15)16-7-4-12-20(16)13-14-5-2-1-3-6-14/h1-7,12,15,18H,8-11,13H2,(H,19,21). The summed E-state index contributed by atoms with van der Waals surface area (Å²) in [4.78, 5) is 12.2. The minimum absolute atomic E-state index is 0.00599. The normalized spacial score (nSPS) is 14.1. The van der Waals surface area contributed by atoms with Gasteiger partial charge in [0.1, 0.15) is 5.69 Å². The van der Waals surface area contributed by atoms with Crippen LogP contribution in [0.25, 0.3) is 0 Å². The van der Waals surface area contributed by atoms with Gasteiger partial charge < -0.3 is 15.2 Å². The molecule has 0 aliphatic heterocycles. The maximum Gasteiger partial charge on any atom is 0.267 e. The van der Waals surface area contributed by atoms with Crippen LogP contribution in [0.15, 0.2) is 48.7 Å². The van der Waals surface area contributed by atoms with E-state index in [1.807, 2.05) is 41.1 Å². The summed E-state index contributed by atoms with van der Waals surface area (Å²) in [6.45, 7) is 2.23. The highest BCUT2D eigenvalue weighted by Gasteiger charge is 2.19. The van der Waals surface area contributed by atoms with Gasteiger partial charge in [-0.2, -0.15) is 0 Å². The van der Waals surface area contributed by atoms with Crippen molar-refractivity contribution in [3.05, 3.63) is 59.9 Å². The van der Waals surface area contributed by atoms with E-state index in [1.165, 1.54) is 18.4 Å². The van der Waals surface area contributed by atoms with Crippen LogP contribution in [0.3, 0.4) is 0 Å². The average molecular weight is 283 g/mol. The highest BCUT2D eigenvalue weighted by molar-refractivity contribution is 5.92. The number of rotatable bonds is 7. The minimum atomic E-state index is -0.00599. The molecule has 3 rings (SSSR count). The Labute approximate surface area is 125 Å². The molecular formula is C17H21N3O. The lowest BCUT2D eigenvalue weighted by Crippen LogP contribution is -2.33. The molecular weight excluding hydrogens is 262 g/mol. The van der Waals surface area contributed by atoms with Gasteiger partial charge in [0.15, 0.2) is 0 Å². The van der Waals surface area contributed by atoms with Crippen LogP contribution in [-0.4, -0.2) is 29.6 Å². The summed E-state index contributed by atoms with van der Waals surface area (Å²) in [6, 6.07) is 14.6. The van der Waals surface area contributed by atoms with Gasteiger partial charge in [-0.05, 0) is 30.5 Å². The van der Waals surface area contributed by atoms with Crippen LogP contribution in [0.1, 0.15) is 28.9 Å². The van der Waals surface area contributed by atoms with Gasteiger partial charge in [0.25, 0.3) is 5.91 Å². The highest BCUT2D eigenvalue weighted by Crippen LogP contribution is 2.17. The molecule has 1 amide bonds. The number of amides is 1. The molecule has 0 unspecified atom stereocenters. The number of aromatic nitrogens is 1. The SMILES string of the molecule is O=C(NCCNC1CC1)c1cccn1Cc1ccccc1. The third-order valence-electron chi connectivity index (χ3n) is 3.68. The summed E-state index contributed by atoms with van der Waals surface area (Å²) in [5.41, 5.74) is 1.91. The van der Waals surface area contributed by atoms with E-state index in [-0.39, 0.29) is 5.91 Å². The maximum absolute atomic E-state index is 12.2. The quantitative estimate of drug-likeness (QED) is 0.764. The molecule has 1 saturated carbocycles. The zero-order valence-electron chi connectivity index (χ0n) is 12.1. The fourth-order valence-electron chi connectivity index (χ4n) is 2.37. The predicted molar refractivity (Wildman–Crippen MR) is 83.3 cm³/mol. The molecule has 110 valence electrons. The minimum Gasteiger partial charge on any atom is -0.349 e. The van der Waals surface area contributed by atoms with Crippen LogP contribution < -0.4 is 10.6 Å². The Hall–Kier alpha value is -2.07. The number of carbonyl (C=O) groups is 1. The Kier molecular flexibility index (Phi) is 4.36. The Morgan fingerprint density at radius 2 is 1.90 bits per heavy atom. The maximum atomic E-state index is 12.2. The molecule has 1 aromatic heterocycles. The smallest absolute Gasteiger partial charge is 0.267 e. The Bertz CT molecular complexity index is 587. The number of carbonyl (C=O) groups excluding carboxylic acids is 1. The number of hydrogen-bond donors (Lipinski definition) is 2. The van der Waals surface area contributed by atoms with Crippen LogP contribution in [0.4, 0.5) is 0 Å². The van der Waals surface area contributed by atoms with E-state index < -0.39 is 0 Å². The number of nitrogens with one attached hydrogen (secondary N) is 2. The van der Waals surface area contributed by atoms with E-state index in [2.05, 4.69) is 22.8 Å². The van der Waals surface area contributed by atoms with Gasteiger partial charge >= 0.3 is 0 Å². The van der Waals surface area contributed by atoms with E-state index in [9.17, 15) is 4.79 Å². The molecule has 0 spiro atoms. The Morgan fingerprint density at radius 3 is 2.67 bits per heavy atom. The molecule has 1 fully saturated rings. The van der Waals surface area contributed by atoms with Crippen molar-refractivity contribution < 1.29 is 4.79 Å². The summed E-state index contributed by atoms with van der Waals surface area (Å²) < 4.78 is 1.99. The third kappa shape index (κ3) is 3.95. The topological polar surface area (TPSA) is 46.1 Å². The summed E-state index contributed by atoms with van der Waals surface area (Å²) in [5.74, 6) is -0.00599. The molecule has 21 heavy (non-hydrogen) atoms. The van der Waals surface area contributed by atoms with Crippen LogP contribution in [0.5, 0.6) is 0 Å². The van der Waals surface area contributed by atoms with Gasteiger partial charge in [0, 0.05) is 31.9 Å². The first-order valence-electron chi connectivity index (χ1n) is 7.53. The van der Waals surface area contributed by atoms with Gasteiger partial charge in [0.05, 0.1) is 0 Å². The van der Waals surface area contributed by atoms with Gasteiger partial charge in [-0.1, -0.05) is 30.3 Å². The lowest BCUT2D eigenvalue weighted by atomic mass is 10.2. The molecule has 0 bridgehead atoms. The Morgan fingerprint density at radius 1 is 1.10 bits per heavy atom. The molecule has 4 heteroatoms. The lowest BCUT2D eigenvalue weighted by Gasteiger charge is -2.10. The average Bonchev–Trinajstić information content (AvgIpc) is 3.22. The van der Waals surface area contributed by atoms with Gasteiger partial charge in [-0.3, -0.25) is 4.79 Å². The fourth-order valence-corrected chi connectivity index (χ4v) is 2.37. The molecule has 2 aromatic rings. The first-order valence-corrected chi connectivity index (χ1v) is 7.53. The summed E-state index contributed by atoms with van der Waals surface area (Å²) in [7, 11) is 0. The molecule has 1 aromatic carbocycles. The second kappa shape index (κ2) is 6.59. The van der Waals surface area contributed by atoms with Crippen molar-refractivity contribution in [1.82, 2.24) is 15.2 Å². The van der Waals surface area contributed by atoms with Crippen molar-refractivity contribution in [2.45, 2.75) is 25.4 Å². The van der Waals surface area contributed by atoms with E-state index in [4.69, 9.17) is 0 Å². The summed E-state index contributed by atoms with van der Waals surface area (Å²) >= 11 is 0. The zero-order chi connectivity index (χ0) is 14.5. The Balaban J connectivity index is 1.54. The first-order chi connectivity index (χ1) is 10.3. The van der Waals surface area contributed by atoms with Crippen molar-refractivity contribution in [3.63, 3.8) is 0 Å². The van der Waals surface area contributed by atoms with Crippen LogP contribution in [0.2, 0.25) is 0 Å². The van der Waals surface area contributed by atoms with Crippen molar-refractivity contribution in [1.29, 1.82) is 0 Å². The predicted octanol–water partition coefficient (Wildman–Crippen LogP) is 2.02. The largest absolute Gasteiger partial charge is 0.349 e. The monoisotopic (exact) mass is 283 g/mol.